The quantitative estimate of drug-likeness (QED) is 0.554. The van der Waals surface area contributed by atoms with Crippen LogP contribution in [-0.2, 0) is 0 Å². The molecule has 0 aliphatic heterocycles. The summed E-state index contributed by atoms with van der Waals surface area (Å²) in [4.78, 5) is 0. The smallest absolute Gasteiger partial charge is 0.114 e. The second kappa shape index (κ2) is 10.6. The maximum absolute atomic E-state index is 9.18. The Morgan fingerprint density at radius 3 is 2.50 bits per heavy atom. The summed E-state index contributed by atoms with van der Waals surface area (Å²) < 4.78 is 0. The number of nitrogens with zero attached hydrogens (tertiary/aromatic N) is 1. The Morgan fingerprint density at radius 1 is 1.15 bits per heavy atom. The van der Waals surface area contributed by atoms with Gasteiger partial charge >= 0.3 is 0 Å². The Labute approximate surface area is 128 Å². The molecular weight excluding hydrogens is 268 g/mol. The van der Waals surface area contributed by atoms with E-state index in [0.717, 1.165) is 18.5 Å². The van der Waals surface area contributed by atoms with E-state index in [1.807, 2.05) is 24.3 Å². The lowest BCUT2D eigenvalue weighted by molar-refractivity contribution is 0.569. The molecule has 0 saturated carbocycles. The molecule has 0 radical (unpaired) electrons. The van der Waals surface area contributed by atoms with Crippen LogP contribution in [0.5, 0.6) is 0 Å². The minimum Gasteiger partial charge on any atom is -0.370 e. The largest absolute Gasteiger partial charge is 0.370 e. The molecule has 1 rings (SSSR count). The fourth-order valence-corrected chi connectivity index (χ4v) is 2.44. The first kappa shape index (κ1) is 16.9. The number of rotatable bonds is 10. The van der Waals surface area contributed by atoms with E-state index in [1.54, 1.807) is 0 Å². The average Bonchev–Trinajstić information content (AvgIpc) is 2.45. The highest BCUT2D eigenvalue weighted by Gasteiger charge is 2.06. The van der Waals surface area contributed by atoms with Gasteiger partial charge in [0, 0.05) is 10.7 Å². The number of hydrogen-bond donors (Lipinski definition) is 1. The van der Waals surface area contributed by atoms with E-state index in [0.29, 0.717) is 5.02 Å². The molecule has 1 N–H and O–H groups in total. The lowest BCUT2D eigenvalue weighted by Gasteiger charge is -2.13. The van der Waals surface area contributed by atoms with E-state index in [-0.39, 0.29) is 6.04 Å². The van der Waals surface area contributed by atoms with Gasteiger partial charge in [0.05, 0.1) is 6.07 Å². The molecule has 0 spiro atoms. The van der Waals surface area contributed by atoms with Crippen molar-refractivity contribution in [1.82, 2.24) is 0 Å². The van der Waals surface area contributed by atoms with E-state index >= 15 is 0 Å². The van der Waals surface area contributed by atoms with E-state index in [2.05, 4.69) is 18.3 Å². The average molecular weight is 293 g/mol. The lowest BCUT2D eigenvalue weighted by atomic mass is 10.1. The van der Waals surface area contributed by atoms with Gasteiger partial charge < -0.3 is 5.32 Å². The van der Waals surface area contributed by atoms with Crippen molar-refractivity contribution in [3.05, 3.63) is 29.3 Å². The molecule has 1 aromatic carbocycles. The summed E-state index contributed by atoms with van der Waals surface area (Å²) in [5.41, 5.74) is 0.923. The second-order valence-corrected chi connectivity index (χ2v) is 5.68. The summed E-state index contributed by atoms with van der Waals surface area (Å²) in [6.45, 7) is 2.24. The zero-order valence-electron chi connectivity index (χ0n) is 12.4. The maximum atomic E-state index is 9.18. The molecular formula is C17H25ClN2. The van der Waals surface area contributed by atoms with Crippen molar-refractivity contribution < 1.29 is 0 Å². The van der Waals surface area contributed by atoms with Crippen LogP contribution in [0.3, 0.4) is 0 Å². The van der Waals surface area contributed by atoms with Crippen molar-refractivity contribution in [3.8, 4) is 6.07 Å². The van der Waals surface area contributed by atoms with Gasteiger partial charge in [0.15, 0.2) is 0 Å². The van der Waals surface area contributed by atoms with Crippen LogP contribution in [0, 0.1) is 11.3 Å². The molecule has 1 aromatic rings. The first-order valence-electron chi connectivity index (χ1n) is 7.68. The van der Waals surface area contributed by atoms with Gasteiger partial charge in [-0.1, -0.05) is 69.5 Å². The van der Waals surface area contributed by atoms with Gasteiger partial charge in [0.1, 0.15) is 6.04 Å². The molecule has 0 bridgehead atoms. The van der Waals surface area contributed by atoms with Crippen LogP contribution in [0.25, 0.3) is 0 Å². The molecule has 0 aliphatic carbocycles. The number of halogens is 1. The fourth-order valence-electron chi connectivity index (χ4n) is 2.25. The zero-order chi connectivity index (χ0) is 14.6. The Hall–Kier alpha value is -1.20. The number of benzene rings is 1. The lowest BCUT2D eigenvalue weighted by Crippen LogP contribution is -2.16. The molecule has 20 heavy (non-hydrogen) atoms. The van der Waals surface area contributed by atoms with Gasteiger partial charge in [-0.3, -0.25) is 0 Å². The number of anilines is 1. The third-order valence-electron chi connectivity index (χ3n) is 3.42. The SMILES string of the molecule is CCCCCCCCCC(C#N)Nc1cccc(Cl)c1. The third-order valence-corrected chi connectivity index (χ3v) is 3.65. The molecule has 1 atom stereocenters. The van der Waals surface area contributed by atoms with Crippen LogP contribution in [0.2, 0.25) is 5.02 Å². The number of nitrogens with one attached hydrogen (secondary N) is 1. The Bertz CT molecular complexity index is 412. The van der Waals surface area contributed by atoms with E-state index in [4.69, 9.17) is 11.6 Å². The Kier molecular flexibility index (Phi) is 8.91. The molecule has 3 heteroatoms. The minimum atomic E-state index is -0.121. The van der Waals surface area contributed by atoms with Crippen molar-refractivity contribution in [3.63, 3.8) is 0 Å². The molecule has 0 saturated heterocycles. The summed E-state index contributed by atoms with van der Waals surface area (Å²) in [5.74, 6) is 0. The van der Waals surface area contributed by atoms with Crippen LogP contribution < -0.4 is 5.32 Å². The van der Waals surface area contributed by atoms with Gasteiger partial charge in [-0.25, -0.2) is 0 Å². The van der Waals surface area contributed by atoms with E-state index in [9.17, 15) is 5.26 Å². The molecule has 1 unspecified atom stereocenters. The Balaban J connectivity index is 2.19. The summed E-state index contributed by atoms with van der Waals surface area (Å²) in [6, 6.07) is 9.74. The van der Waals surface area contributed by atoms with Crippen LogP contribution >= 0.6 is 11.6 Å². The minimum absolute atomic E-state index is 0.121. The van der Waals surface area contributed by atoms with Crippen LogP contribution in [0.4, 0.5) is 5.69 Å². The molecule has 0 aliphatic rings. The number of nitriles is 1. The molecule has 110 valence electrons. The fraction of sp³-hybridized carbons (Fsp3) is 0.588. The summed E-state index contributed by atoms with van der Waals surface area (Å²) in [7, 11) is 0. The molecule has 0 fully saturated rings. The molecule has 0 heterocycles. The standard InChI is InChI=1S/C17H25ClN2/c1-2-3-4-5-6-7-8-11-17(14-19)20-16-12-9-10-15(18)13-16/h9-10,12-13,17,20H,2-8,11H2,1H3. The van der Waals surface area contributed by atoms with Crippen molar-refractivity contribution in [1.29, 1.82) is 5.26 Å². The Morgan fingerprint density at radius 2 is 1.85 bits per heavy atom. The number of hydrogen-bond acceptors (Lipinski definition) is 2. The topological polar surface area (TPSA) is 35.8 Å². The highest BCUT2D eigenvalue weighted by molar-refractivity contribution is 6.30. The zero-order valence-corrected chi connectivity index (χ0v) is 13.1. The van der Waals surface area contributed by atoms with E-state index < -0.39 is 0 Å². The van der Waals surface area contributed by atoms with Gasteiger partial charge in [-0.2, -0.15) is 5.26 Å². The van der Waals surface area contributed by atoms with Crippen LogP contribution in [0.15, 0.2) is 24.3 Å². The number of unbranched alkanes of at least 4 members (excludes halogenated alkanes) is 6. The predicted octanol–water partition coefficient (Wildman–Crippen LogP) is 5.78. The first-order chi connectivity index (χ1) is 9.76. The van der Waals surface area contributed by atoms with Crippen LogP contribution in [-0.4, -0.2) is 6.04 Å². The van der Waals surface area contributed by atoms with Gasteiger partial charge in [0.2, 0.25) is 0 Å². The maximum Gasteiger partial charge on any atom is 0.114 e. The van der Waals surface area contributed by atoms with Crippen molar-refractivity contribution in [2.24, 2.45) is 0 Å². The normalized spacial score (nSPS) is 11.8. The first-order valence-corrected chi connectivity index (χ1v) is 8.05. The van der Waals surface area contributed by atoms with Crippen molar-refractivity contribution in [2.75, 3.05) is 5.32 Å². The predicted molar refractivity (Wildman–Crippen MR) is 87.1 cm³/mol. The summed E-state index contributed by atoms with van der Waals surface area (Å²) in [6.07, 6.45) is 9.83. The highest BCUT2D eigenvalue weighted by Crippen LogP contribution is 2.17. The van der Waals surface area contributed by atoms with Gasteiger partial charge in [-0.05, 0) is 24.6 Å². The van der Waals surface area contributed by atoms with Crippen molar-refractivity contribution in [2.45, 2.75) is 64.3 Å². The summed E-state index contributed by atoms with van der Waals surface area (Å²) in [5, 5.41) is 13.1. The van der Waals surface area contributed by atoms with Gasteiger partial charge in [-0.15, -0.1) is 0 Å². The van der Waals surface area contributed by atoms with Gasteiger partial charge in [0.25, 0.3) is 0 Å². The molecule has 0 amide bonds. The van der Waals surface area contributed by atoms with Crippen molar-refractivity contribution >= 4 is 17.3 Å². The second-order valence-electron chi connectivity index (χ2n) is 5.25. The highest BCUT2D eigenvalue weighted by atomic mass is 35.5. The monoisotopic (exact) mass is 292 g/mol. The van der Waals surface area contributed by atoms with Crippen LogP contribution in [0.1, 0.15) is 58.3 Å². The molecule has 0 aromatic heterocycles. The molecule has 2 nitrogen and oxygen atoms in total. The third kappa shape index (κ3) is 7.40. The van der Waals surface area contributed by atoms with E-state index in [1.165, 1.54) is 38.5 Å². The summed E-state index contributed by atoms with van der Waals surface area (Å²) >= 11 is 5.94.